The lowest BCUT2D eigenvalue weighted by Crippen LogP contribution is -2.20. The van der Waals surface area contributed by atoms with E-state index in [1.54, 1.807) is 0 Å². The molecule has 0 atom stereocenters. The van der Waals surface area contributed by atoms with Crippen molar-refractivity contribution in [2.45, 2.75) is 0 Å². The summed E-state index contributed by atoms with van der Waals surface area (Å²) in [6.07, 6.45) is 0.862. The summed E-state index contributed by atoms with van der Waals surface area (Å²) in [4.78, 5) is 21.3. The standard InChI is InChI=1S/C6H9N3O3/c1-8-9-5(10)3-4(7)6(11)12-2/h3H,1,7H2,2H3,(H,9,10). The number of amides is 1. The van der Waals surface area contributed by atoms with Gasteiger partial charge in [0, 0.05) is 12.8 Å². The average molecular weight is 171 g/mol. The van der Waals surface area contributed by atoms with Crippen molar-refractivity contribution in [3.8, 4) is 0 Å². The molecule has 0 aromatic rings. The van der Waals surface area contributed by atoms with Crippen LogP contribution in [-0.4, -0.2) is 25.7 Å². The summed E-state index contributed by atoms with van der Waals surface area (Å²) in [5, 5.41) is 3.07. The van der Waals surface area contributed by atoms with Gasteiger partial charge in [-0.1, -0.05) is 0 Å². The van der Waals surface area contributed by atoms with Crippen LogP contribution in [0.15, 0.2) is 16.9 Å². The highest BCUT2D eigenvalue weighted by molar-refractivity contribution is 5.97. The smallest absolute Gasteiger partial charge is 0.354 e. The monoisotopic (exact) mass is 171 g/mol. The van der Waals surface area contributed by atoms with Crippen molar-refractivity contribution in [2.75, 3.05) is 7.11 Å². The van der Waals surface area contributed by atoms with Gasteiger partial charge in [-0.15, -0.1) is 0 Å². The Kier molecular flexibility index (Phi) is 4.13. The Morgan fingerprint density at radius 2 is 2.25 bits per heavy atom. The van der Waals surface area contributed by atoms with Crippen LogP contribution in [0.2, 0.25) is 0 Å². The number of carbonyl (C=O) groups is 2. The maximum absolute atomic E-state index is 10.7. The molecule has 0 unspecified atom stereocenters. The Morgan fingerprint density at radius 1 is 1.67 bits per heavy atom. The average Bonchev–Trinajstić information content (AvgIpc) is 2.03. The number of ether oxygens (including phenoxy) is 1. The molecule has 0 saturated heterocycles. The molecule has 0 fully saturated rings. The molecule has 1 amide bonds. The number of methoxy groups -OCH3 is 1. The van der Waals surface area contributed by atoms with Gasteiger partial charge in [0.25, 0.3) is 5.91 Å². The van der Waals surface area contributed by atoms with Crippen molar-refractivity contribution >= 4 is 18.6 Å². The first-order valence-corrected chi connectivity index (χ1v) is 2.93. The van der Waals surface area contributed by atoms with E-state index in [0.29, 0.717) is 0 Å². The molecule has 3 N–H and O–H groups in total. The predicted molar refractivity (Wildman–Crippen MR) is 42.0 cm³/mol. The zero-order valence-corrected chi connectivity index (χ0v) is 6.53. The van der Waals surface area contributed by atoms with Crippen LogP contribution in [0.5, 0.6) is 0 Å². The van der Waals surface area contributed by atoms with E-state index >= 15 is 0 Å². The normalized spacial score (nSPS) is 10.2. The number of hydrogen-bond donors (Lipinski definition) is 2. The second-order valence-electron chi connectivity index (χ2n) is 1.73. The number of nitrogens with two attached hydrogens (primary N) is 1. The predicted octanol–water partition coefficient (Wildman–Crippen LogP) is -1.27. The maximum Gasteiger partial charge on any atom is 0.354 e. The van der Waals surface area contributed by atoms with Crippen molar-refractivity contribution in [2.24, 2.45) is 10.8 Å². The Hall–Kier alpha value is -1.85. The lowest BCUT2D eigenvalue weighted by atomic mass is 10.4. The Morgan fingerprint density at radius 3 is 2.67 bits per heavy atom. The quantitative estimate of drug-likeness (QED) is 0.240. The second-order valence-corrected chi connectivity index (χ2v) is 1.73. The largest absolute Gasteiger partial charge is 0.464 e. The second kappa shape index (κ2) is 4.89. The van der Waals surface area contributed by atoms with E-state index in [1.165, 1.54) is 0 Å². The van der Waals surface area contributed by atoms with Crippen LogP contribution < -0.4 is 11.2 Å². The van der Waals surface area contributed by atoms with Crippen LogP contribution in [-0.2, 0) is 14.3 Å². The Bertz CT molecular complexity index is 234. The fourth-order valence-corrected chi connectivity index (χ4v) is 0.428. The van der Waals surface area contributed by atoms with Crippen LogP contribution in [0.1, 0.15) is 0 Å². The first-order chi connectivity index (χ1) is 5.61. The van der Waals surface area contributed by atoms with Crippen molar-refractivity contribution in [3.05, 3.63) is 11.8 Å². The summed E-state index contributed by atoms with van der Waals surface area (Å²) in [6, 6.07) is 0. The molecule has 0 aliphatic heterocycles. The zero-order chi connectivity index (χ0) is 9.56. The highest BCUT2D eigenvalue weighted by Gasteiger charge is 2.05. The van der Waals surface area contributed by atoms with Gasteiger partial charge in [-0.25, -0.2) is 10.2 Å². The van der Waals surface area contributed by atoms with Crippen LogP contribution >= 0.6 is 0 Å². The van der Waals surface area contributed by atoms with Gasteiger partial charge in [-0.2, -0.15) is 5.10 Å². The van der Waals surface area contributed by atoms with Gasteiger partial charge < -0.3 is 10.5 Å². The molecular weight excluding hydrogens is 162 g/mol. The summed E-state index contributed by atoms with van der Waals surface area (Å²) in [6.45, 7) is 3.00. The molecule has 66 valence electrons. The highest BCUT2D eigenvalue weighted by Crippen LogP contribution is 1.86. The lowest BCUT2D eigenvalue weighted by Gasteiger charge is -1.97. The number of rotatable bonds is 3. The molecule has 0 saturated carbocycles. The van der Waals surface area contributed by atoms with Crippen LogP contribution in [0, 0.1) is 0 Å². The first kappa shape index (κ1) is 10.2. The SMILES string of the molecule is C=NNC(=O)C=C(N)C(=O)OC. The number of hydrazone groups is 1. The van der Waals surface area contributed by atoms with E-state index < -0.39 is 11.9 Å². The van der Waals surface area contributed by atoms with Crippen LogP contribution in [0.25, 0.3) is 0 Å². The number of carbonyl (C=O) groups excluding carboxylic acids is 2. The number of esters is 1. The molecular formula is C6H9N3O3. The van der Waals surface area contributed by atoms with Gasteiger partial charge in [-0.3, -0.25) is 4.79 Å². The van der Waals surface area contributed by atoms with Crippen LogP contribution in [0.3, 0.4) is 0 Å². The molecule has 0 rings (SSSR count). The minimum atomic E-state index is -0.769. The third-order valence-electron chi connectivity index (χ3n) is 0.897. The summed E-state index contributed by atoms with van der Waals surface area (Å²) in [5.41, 5.74) is 6.80. The van der Waals surface area contributed by atoms with E-state index in [2.05, 4.69) is 16.6 Å². The molecule has 0 aromatic carbocycles. The summed E-state index contributed by atoms with van der Waals surface area (Å²) >= 11 is 0. The maximum atomic E-state index is 10.7. The molecule has 0 aliphatic rings. The zero-order valence-electron chi connectivity index (χ0n) is 6.53. The summed E-state index contributed by atoms with van der Waals surface area (Å²) < 4.78 is 4.23. The fourth-order valence-electron chi connectivity index (χ4n) is 0.428. The summed E-state index contributed by atoms with van der Waals surface area (Å²) in [5.74, 6) is -1.40. The Labute approximate surface area is 69.1 Å². The van der Waals surface area contributed by atoms with Crippen LogP contribution in [0.4, 0.5) is 0 Å². The molecule has 0 aliphatic carbocycles. The minimum absolute atomic E-state index is 0.293. The van der Waals surface area contributed by atoms with Gasteiger partial charge in [0.1, 0.15) is 5.70 Å². The van der Waals surface area contributed by atoms with E-state index in [4.69, 9.17) is 5.73 Å². The third-order valence-corrected chi connectivity index (χ3v) is 0.897. The topological polar surface area (TPSA) is 93.8 Å². The molecule has 0 bridgehead atoms. The van der Waals surface area contributed by atoms with Crippen molar-refractivity contribution in [1.29, 1.82) is 0 Å². The van der Waals surface area contributed by atoms with Gasteiger partial charge in [-0.05, 0) is 0 Å². The molecule has 0 spiro atoms. The van der Waals surface area contributed by atoms with E-state index in [-0.39, 0.29) is 5.70 Å². The molecule has 6 heteroatoms. The first-order valence-electron chi connectivity index (χ1n) is 2.93. The van der Waals surface area contributed by atoms with Crippen molar-refractivity contribution in [1.82, 2.24) is 5.43 Å². The molecule has 0 heterocycles. The minimum Gasteiger partial charge on any atom is -0.464 e. The molecule has 0 radical (unpaired) electrons. The Balaban J connectivity index is 4.24. The fraction of sp³-hybridized carbons (Fsp3) is 0.167. The van der Waals surface area contributed by atoms with Gasteiger partial charge in [0.05, 0.1) is 7.11 Å². The third kappa shape index (κ3) is 3.35. The number of hydrogen-bond acceptors (Lipinski definition) is 5. The lowest BCUT2D eigenvalue weighted by molar-refractivity contribution is -0.136. The molecule has 6 nitrogen and oxygen atoms in total. The van der Waals surface area contributed by atoms with Crippen molar-refractivity contribution < 1.29 is 14.3 Å². The van der Waals surface area contributed by atoms with Gasteiger partial charge in [0.2, 0.25) is 0 Å². The number of nitrogens with one attached hydrogen (secondary N) is 1. The van der Waals surface area contributed by atoms with E-state index in [1.807, 2.05) is 5.43 Å². The van der Waals surface area contributed by atoms with Gasteiger partial charge in [0.15, 0.2) is 0 Å². The van der Waals surface area contributed by atoms with Crippen molar-refractivity contribution in [3.63, 3.8) is 0 Å². The summed E-state index contributed by atoms with van der Waals surface area (Å²) in [7, 11) is 1.16. The van der Waals surface area contributed by atoms with E-state index in [9.17, 15) is 9.59 Å². The number of nitrogens with zero attached hydrogens (tertiary/aromatic N) is 1. The van der Waals surface area contributed by atoms with Gasteiger partial charge >= 0.3 is 5.97 Å². The molecule has 12 heavy (non-hydrogen) atoms. The van der Waals surface area contributed by atoms with E-state index in [0.717, 1.165) is 13.2 Å². The highest BCUT2D eigenvalue weighted by atomic mass is 16.5. The molecule has 0 aromatic heterocycles.